The Bertz CT molecular complexity index is 877. The summed E-state index contributed by atoms with van der Waals surface area (Å²) < 4.78 is 0. The zero-order valence-electron chi connectivity index (χ0n) is 21.6. The van der Waals surface area contributed by atoms with E-state index in [1.807, 2.05) is 0 Å². The summed E-state index contributed by atoms with van der Waals surface area (Å²) in [5, 5.41) is 25.5. The molecule has 0 heterocycles. The molecule has 0 bridgehead atoms. The molecule has 0 aliphatic rings. The zero-order chi connectivity index (χ0) is 29.4. The Morgan fingerprint density at radius 2 is 1.42 bits per heavy atom. The molecule has 0 aliphatic heterocycles. The van der Waals surface area contributed by atoms with E-state index >= 15 is 0 Å². The van der Waals surface area contributed by atoms with Crippen LogP contribution in [0, 0.1) is 5.92 Å². The van der Waals surface area contributed by atoms with Gasteiger partial charge in [-0.25, -0.2) is 4.79 Å². The fourth-order valence-electron chi connectivity index (χ4n) is 3.22. The molecule has 0 rings (SSSR count). The van der Waals surface area contributed by atoms with Gasteiger partial charge in [0.15, 0.2) is 5.96 Å². The van der Waals surface area contributed by atoms with Gasteiger partial charge in [0.1, 0.15) is 18.1 Å². The number of carbonyl (C=O) groups excluding carboxylic acids is 4. The zero-order valence-corrected chi connectivity index (χ0v) is 21.6. The van der Waals surface area contributed by atoms with Gasteiger partial charge in [-0.05, 0) is 31.6 Å². The van der Waals surface area contributed by atoms with Crippen LogP contribution in [-0.4, -0.2) is 82.5 Å². The number of aliphatic imine (C=N–C) groups is 1. The highest BCUT2D eigenvalue weighted by Crippen LogP contribution is 2.11. The van der Waals surface area contributed by atoms with Crippen LogP contribution in [0.2, 0.25) is 0 Å². The lowest BCUT2D eigenvalue weighted by molar-refractivity contribution is -0.143. The number of amides is 4. The van der Waals surface area contributed by atoms with E-state index in [9.17, 15) is 33.9 Å². The van der Waals surface area contributed by atoms with Crippen LogP contribution >= 0.6 is 0 Å². The fourth-order valence-corrected chi connectivity index (χ4v) is 3.22. The van der Waals surface area contributed by atoms with E-state index in [2.05, 4.69) is 20.9 Å². The Kier molecular flexibility index (Phi) is 15.7. The summed E-state index contributed by atoms with van der Waals surface area (Å²) in [5.74, 6) is -6.19. The molecule has 16 heteroatoms. The molecular formula is C22H40N8O8. The summed E-state index contributed by atoms with van der Waals surface area (Å²) in [6, 6.07) is -4.98. The van der Waals surface area contributed by atoms with E-state index in [0.717, 1.165) is 0 Å². The second kappa shape index (κ2) is 17.5. The van der Waals surface area contributed by atoms with Gasteiger partial charge in [0.05, 0.1) is 6.04 Å². The number of hydrogen-bond acceptors (Lipinski definition) is 8. The molecule has 5 unspecified atom stereocenters. The highest BCUT2D eigenvalue weighted by atomic mass is 16.4. The molecule has 0 saturated heterocycles. The molecule has 0 saturated carbocycles. The Morgan fingerprint density at radius 3 is 1.92 bits per heavy atom. The third kappa shape index (κ3) is 14.0. The Balaban J connectivity index is 5.69. The van der Waals surface area contributed by atoms with Gasteiger partial charge in [-0.1, -0.05) is 20.3 Å². The molecule has 5 atom stereocenters. The number of carboxylic acid groups (broad SMARTS) is 2. The molecule has 0 aromatic heterocycles. The van der Waals surface area contributed by atoms with Gasteiger partial charge in [0, 0.05) is 19.4 Å². The summed E-state index contributed by atoms with van der Waals surface area (Å²) in [7, 11) is 0. The second-order valence-corrected chi connectivity index (χ2v) is 8.83. The summed E-state index contributed by atoms with van der Waals surface area (Å²) in [4.78, 5) is 75.8. The molecule has 38 heavy (non-hydrogen) atoms. The van der Waals surface area contributed by atoms with Gasteiger partial charge < -0.3 is 49.1 Å². The van der Waals surface area contributed by atoms with Crippen LogP contribution < -0.4 is 38.9 Å². The Morgan fingerprint density at radius 1 is 0.816 bits per heavy atom. The lowest BCUT2D eigenvalue weighted by Crippen LogP contribution is -2.58. The smallest absolute Gasteiger partial charge is 0.326 e. The normalized spacial score (nSPS) is 14.6. The van der Waals surface area contributed by atoms with Gasteiger partial charge in [0.2, 0.25) is 23.6 Å². The summed E-state index contributed by atoms with van der Waals surface area (Å²) >= 11 is 0. The van der Waals surface area contributed by atoms with E-state index in [-0.39, 0.29) is 44.6 Å². The molecule has 0 fully saturated rings. The van der Waals surface area contributed by atoms with Gasteiger partial charge >= 0.3 is 11.9 Å². The molecule has 13 N–H and O–H groups in total. The average Bonchev–Trinajstić information content (AvgIpc) is 2.83. The van der Waals surface area contributed by atoms with Crippen LogP contribution in [0.15, 0.2) is 4.99 Å². The predicted molar refractivity (Wildman–Crippen MR) is 136 cm³/mol. The molecule has 0 radical (unpaired) electrons. The molecule has 0 aromatic carbocycles. The maximum absolute atomic E-state index is 13.2. The van der Waals surface area contributed by atoms with E-state index in [0.29, 0.717) is 6.42 Å². The minimum atomic E-state index is -1.51. The SMILES string of the molecule is CCC(C)C(NC(=O)C(N)CCC(N)=O)C(=O)NC(CCCN=C(N)N)C(=O)NC(CCC(=O)O)C(=O)O. The Hall–Kier alpha value is -3.95. The number of primary amides is 1. The first-order valence-corrected chi connectivity index (χ1v) is 12.1. The van der Waals surface area contributed by atoms with Gasteiger partial charge in [0.25, 0.3) is 0 Å². The van der Waals surface area contributed by atoms with Crippen molar-refractivity contribution in [3.05, 3.63) is 0 Å². The summed E-state index contributed by atoms with van der Waals surface area (Å²) in [6.45, 7) is 3.59. The molecule has 0 aromatic rings. The van der Waals surface area contributed by atoms with Gasteiger partial charge in [-0.2, -0.15) is 0 Å². The van der Waals surface area contributed by atoms with Gasteiger partial charge in [-0.3, -0.25) is 29.0 Å². The van der Waals surface area contributed by atoms with E-state index in [1.54, 1.807) is 13.8 Å². The van der Waals surface area contributed by atoms with E-state index in [1.165, 1.54) is 0 Å². The first-order valence-electron chi connectivity index (χ1n) is 12.1. The second-order valence-electron chi connectivity index (χ2n) is 8.83. The van der Waals surface area contributed by atoms with Crippen molar-refractivity contribution in [1.82, 2.24) is 16.0 Å². The number of carboxylic acids is 2. The van der Waals surface area contributed by atoms with Crippen molar-refractivity contribution in [3.8, 4) is 0 Å². The van der Waals surface area contributed by atoms with Crippen LogP contribution in [0.25, 0.3) is 0 Å². The predicted octanol–water partition coefficient (Wildman–Crippen LogP) is -2.92. The number of nitrogens with two attached hydrogens (primary N) is 4. The number of aliphatic carboxylic acids is 2. The van der Waals surface area contributed by atoms with Crippen LogP contribution in [0.3, 0.4) is 0 Å². The monoisotopic (exact) mass is 544 g/mol. The van der Waals surface area contributed by atoms with Crippen molar-refractivity contribution in [1.29, 1.82) is 0 Å². The minimum Gasteiger partial charge on any atom is -0.481 e. The molecule has 0 aliphatic carbocycles. The van der Waals surface area contributed by atoms with Crippen LogP contribution in [0.5, 0.6) is 0 Å². The molecule has 216 valence electrons. The molecule has 16 nitrogen and oxygen atoms in total. The maximum atomic E-state index is 13.2. The lowest BCUT2D eigenvalue weighted by atomic mass is 9.96. The minimum absolute atomic E-state index is 0.00107. The van der Waals surface area contributed by atoms with Crippen molar-refractivity contribution >= 4 is 41.5 Å². The third-order valence-electron chi connectivity index (χ3n) is 5.67. The summed E-state index contributed by atoms with van der Waals surface area (Å²) in [6.07, 6.45) is -0.345. The molecule has 4 amide bonds. The number of nitrogens with one attached hydrogen (secondary N) is 3. The van der Waals surface area contributed by atoms with Crippen molar-refractivity contribution in [2.24, 2.45) is 33.8 Å². The van der Waals surface area contributed by atoms with Crippen molar-refractivity contribution in [2.75, 3.05) is 6.54 Å². The molecular weight excluding hydrogens is 504 g/mol. The number of rotatable bonds is 19. The fraction of sp³-hybridized carbons (Fsp3) is 0.682. The molecule has 0 spiro atoms. The Labute approximate surface area is 220 Å². The highest BCUT2D eigenvalue weighted by Gasteiger charge is 2.32. The maximum Gasteiger partial charge on any atom is 0.326 e. The summed E-state index contributed by atoms with van der Waals surface area (Å²) in [5.41, 5.74) is 21.5. The van der Waals surface area contributed by atoms with Crippen molar-refractivity contribution in [3.63, 3.8) is 0 Å². The average molecular weight is 545 g/mol. The van der Waals surface area contributed by atoms with Crippen LogP contribution in [0.4, 0.5) is 0 Å². The van der Waals surface area contributed by atoms with Crippen molar-refractivity contribution < 1.29 is 39.0 Å². The van der Waals surface area contributed by atoms with Gasteiger partial charge in [-0.15, -0.1) is 0 Å². The number of hydrogen-bond donors (Lipinski definition) is 9. The quantitative estimate of drug-likeness (QED) is 0.0450. The number of carbonyl (C=O) groups is 6. The topological polar surface area (TPSA) is 295 Å². The van der Waals surface area contributed by atoms with E-state index in [4.69, 9.17) is 28.0 Å². The third-order valence-corrected chi connectivity index (χ3v) is 5.67. The highest BCUT2D eigenvalue weighted by molar-refractivity contribution is 5.94. The van der Waals surface area contributed by atoms with Crippen LogP contribution in [-0.2, 0) is 28.8 Å². The van der Waals surface area contributed by atoms with Crippen molar-refractivity contribution in [2.45, 2.75) is 83.0 Å². The standard InChI is InChI=1S/C22H40N8O8/c1-3-11(2)17(30-18(34)12(23)6-8-15(24)31)20(36)28-13(5-4-10-27-22(25)26)19(35)29-14(21(37)38)7-9-16(32)33/h11-14,17H,3-10,23H2,1-2H3,(H2,24,31)(H,28,36)(H,29,35)(H,30,34)(H,32,33)(H,37,38)(H4,25,26,27). The van der Waals surface area contributed by atoms with E-state index < -0.39 is 72.1 Å². The largest absolute Gasteiger partial charge is 0.481 e. The first-order chi connectivity index (χ1) is 17.7. The number of nitrogens with zero attached hydrogens (tertiary/aromatic N) is 1. The number of guanidine groups is 1. The first kappa shape index (κ1) is 34.0. The van der Waals surface area contributed by atoms with Crippen LogP contribution in [0.1, 0.15) is 58.8 Å². The lowest BCUT2D eigenvalue weighted by Gasteiger charge is -2.28.